The van der Waals surface area contributed by atoms with E-state index < -0.39 is 0 Å². The van der Waals surface area contributed by atoms with Crippen LogP contribution in [0, 0.1) is 6.92 Å². The third kappa shape index (κ3) is 3.02. The van der Waals surface area contributed by atoms with E-state index in [-0.39, 0.29) is 10.6 Å². The highest BCUT2D eigenvalue weighted by Crippen LogP contribution is 2.19. The van der Waals surface area contributed by atoms with Crippen molar-refractivity contribution >= 4 is 28.6 Å². The summed E-state index contributed by atoms with van der Waals surface area (Å²) in [5.74, 6) is 0. The monoisotopic (exact) mass is 296 g/mol. The smallest absolute Gasteiger partial charge is 0.287 e. The number of aryl methyl sites for hydroxylation is 1. The Morgan fingerprint density at radius 3 is 3.05 bits per heavy atom. The summed E-state index contributed by atoms with van der Waals surface area (Å²) in [5, 5.41) is 7.27. The average molecular weight is 297 g/mol. The Hall–Kier alpha value is -1.66. The number of allylic oxidation sites excluding steroid dienone is 1. The van der Waals surface area contributed by atoms with E-state index >= 15 is 0 Å². The Kier molecular flexibility index (Phi) is 4.34. The van der Waals surface area contributed by atoms with Crippen LogP contribution in [-0.4, -0.2) is 14.8 Å². The summed E-state index contributed by atoms with van der Waals surface area (Å²) in [7, 11) is 0. The molecule has 0 spiro atoms. The first-order valence-corrected chi connectivity index (χ1v) is 6.88. The number of aromatic nitrogens is 3. The maximum Gasteiger partial charge on any atom is 0.287 e. The standard InChI is InChI=1S/C12H13ClN4OS/c1-3-4-17-12(18)11(13)9(5-16-17)14-6-10-8(2)15-7-19-10/h3,5,7,14H,1,4,6H2,2H3. The van der Waals surface area contributed by atoms with Gasteiger partial charge in [-0.25, -0.2) is 9.67 Å². The molecule has 19 heavy (non-hydrogen) atoms. The van der Waals surface area contributed by atoms with E-state index in [4.69, 9.17) is 11.6 Å². The van der Waals surface area contributed by atoms with Crippen LogP contribution in [0.3, 0.4) is 0 Å². The second-order valence-electron chi connectivity index (χ2n) is 3.86. The van der Waals surface area contributed by atoms with E-state index in [1.54, 1.807) is 29.1 Å². The van der Waals surface area contributed by atoms with E-state index in [1.807, 2.05) is 6.92 Å². The largest absolute Gasteiger partial charge is 0.377 e. The van der Waals surface area contributed by atoms with Crippen LogP contribution in [0.1, 0.15) is 10.6 Å². The van der Waals surface area contributed by atoms with Gasteiger partial charge >= 0.3 is 0 Å². The van der Waals surface area contributed by atoms with Crippen molar-refractivity contribution in [1.29, 1.82) is 0 Å². The van der Waals surface area contributed by atoms with E-state index in [1.165, 1.54) is 4.68 Å². The van der Waals surface area contributed by atoms with Crippen molar-refractivity contribution in [2.75, 3.05) is 5.32 Å². The highest BCUT2D eigenvalue weighted by Gasteiger charge is 2.09. The van der Waals surface area contributed by atoms with Crippen molar-refractivity contribution in [3.05, 3.63) is 50.3 Å². The molecule has 0 saturated carbocycles. The molecule has 0 aliphatic carbocycles. The topological polar surface area (TPSA) is 59.8 Å². The molecule has 2 heterocycles. The highest BCUT2D eigenvalue weighted by molar-refractivity contribution is 7.09. The Labute approximate surface area is 119 Å². The summed E-state index contributed by atoms with van der Waals surface area (Å²) in [6.07, 6.45) is 3.14. The lowest BCUT2D eigenvalue weighted by atomic mass is 10.3. The number of nitrogens with zero attached hydrogens (tertiary/aromatic N) is 3. The first kappa shape index (κ1) is 13.8. The quantitative estimate of drug-likeness (QED) is 0.861. The van der Waals surface area contributed by atoms with Crippen molar-refractivity contribution in [1.82, 2.24) is 14.8 Å². The molecule has 0 amide bonds. The Bertz CT molecular complexity index is 649. The second-order valence-corrected chi connectivity index (χ2v) is 5.18. The van der Waals surface area contributed by atoms with Crippen molar-refractivity contribution < 1.29 is 0 Å². The molecular formula is C12H13ClN4OS. The fraction of sp³-hybridized carbons (Fsp3) is 0.250. The van der Waals surface area contributed by atoms with Gasteiger partial charge in [0.1, 0.15) is 5.02 Å². The van der Waals surface area contributed by atoms with E-state index in [0.717, 1.165) is 10.6 Å². The Morgan fingerprint density at radius 1 is 1.63 bits per heavy atom. The van der Waals surface area contributed by atoms with Crippen LogP contribution >= 0.6 is 22.9 Å². The molecule has 0 radical (unpaired) electrons. The first-order valence-electron chi connectivity index (χ1n) is 5.63. The average Bonchev–Trinajstić information content (AvgIpc) is 2.80. The van der Waals surface area contributed by atoms with Crippen molar-refractivity contribution in [3.8, 4) is 0 Å². The lowest BCUT2D eigenvalue weighted by Crippen LogP contribution is -2.23. The van der Waals surface area contributed by atoms with Gasteiger partial charge < -0.3 is 5.32 Å². The number of hydrogen-bond donors (Lipinski definition) is 1. The zero-order valence-corrected chi connectivity index (χ0v) is 12.0. The van der Waals surface area contributed by atoms with Gasteiger partial charge in [-0.2, -0.15) is 5.10 Å². The summed E-state index contributed by atoms with van der Waals surface area (Å²) in [5.41, 5.74) is 2.96. The maximum absolute atomic E-state index is 11.9. The summed E-state index contributed by atoms with van der Waals surface area (Å²) in [4.78, 5) is 17.1. The zero-order chi connectivity index (χ0) is 13.8. The summed E-state index contributed by atoms with van der Waals surface area (Å²) in [6, 6.07) is 0. The molecule has 0 unspecified atom stereocenters. The van der Waals surface area contributed by atoms with Crippen LogP contribution in [0.25, 0.3) is 0 Å². The van der Waals surface area contributed by atoms with Crippen LogP contribution in [0.4, 0.5) is 5.69 Å². The molecule has 0 saturated heterocycles. The Balaban J connectivity index is 2.18. The molecule has 5 nitrogen and oxygen atoms in total. The third-order valence-corrected chi connectivity index (χ3v) is 3.87. The number of thiazole rings is 1. The van der Waals surface area contributed by atoms with Crippen molar-refractivity contribution in [2.45, 2.75) is 20.0 Å². The molecule has 0 fully saturated rings. The fourth-order valence-corrected chi connectivity index (χ4v) is 2.44. The van der Waals surface area contributed by atoms with Crippen LogP contribution < -0.4 is 10.9 Å². The molecule has 0 atom stereocenters. The minimum Gasteiger partial charge on any atom is -0.377 e. The van der Waals surface area contributed by atoms with Gasteiger partial charge in [-0.15, -0.1) is 17.9 Å². The van der Waals surface area contributed by atoms with Gasteiger partial charge in [0, 0.05) is 4.88 Å². The van der Waals surface area contributed by atoms with E-state index in [2.05, 4.69) is 22.0 Å². The molecule has 2 rings (SSSR count). The van der Waals surface area contributed by atoms with Crippen LogP contribution in [0.15, 0.2) is 29.2 Å². The zero-order valence-electron chi connectivity index (χ0n) is 10.4. The summed E-state index contributed by atoms with van der Waals surface area (Å²) >= 11 is 7.59. The molecule has 0 aliphatic rings. The fourth-order valence-electron chi connectivity index (χ4n) is 1.51. The molecule has 2 aromatic rings. The number of nitrogens with one attached hydrogen (secondary N) is 1. The third-order valence-electron chi connectivity index (χ3n) is 2.57. The van der Waals surface area contributed by atoms with Gasteiger partial charge in [0.25, 0.3) is 5.56 Å². The highest BCUT2D eigenvalue weighted by atomic mass is 35.5. The van der Waals surface area contributed by atoms with Gasteiger partial charge in [-0.05, 0) is 6.92 Å². The van der Waals surface area contributed by atoms with Gasteiger partial charge in [0.2, 0.25) is 0 Å². The minimum absolute atomic E-state index is 0.138. The van der Waals surface area contributed by atoms with Crippen molar-refractivity contribution in [3.63, 3.8) is 0 Å². The summed E-state index contributed by atoms with van der Waals surface area (Å²) < 4.78 is 1.26. The summed E-state index contributed by atoms with van der Waals surface area (Å²) in [6.45, 7) is 6.42. The normalized spacial score (nSPS) is 10.4. The first-order chi connectivity index (χ1) is 9.13. The minimum atomic E-state index is -0.326. The van der Waals surface area contributed by atoms with E-state index in [0.29, 0.717) is 18.8 Å². The second kappa shape index (κ2) is 5.99. The van der Waals surface area contributed by atoms with E-state index in [9.17, 15) is 4.79 Å². The van der Waals surface area contributed by atoms with Gasteiger partial charge in [0.05, 0.1) is 36.2 Å². The number of halogens is 1. The lowest BCUT2D eigenvalue weighted by Gasteiger charge is -2.08. The number of hydrogen-bond acceptors (Lipinski definition) is 5. The molecular weight excluding hydrogens is 284 g/mol. The molecule has 0 aliphatic heterocycles. The maximum atomic E-state index is 11.9. The molecule has 7 heteroatoms. The van der Waals surface area contributed by atoms with Crippen LogP contribution in [0.5, 0.6) is 0 Å². The molecule has 1 N–H and O–H groups in total. The predicted octanol–water partition coefficient (Wildman–Crippen LogP) is 2.46. The van der Waals surface area contributed by atoms with Gasteiger partial charge in [0.15, 0.2) is 0 Å². The van der Waals surface area contributed by atoms with Crippen LogP contribution in [0.2, 0.25) is 5.02 Å². The Morgan fingerprint density at radius 2 is 2.42 bits per heavy atom. The van der Waals surface area contributed by atoms with Crippen LogP contribution in [-0.2, 0) is 13.1 Å². The number of rotatable bonds is 5. The molecule has 100 valence electrons. The van der Waals surface area contributed by atoms with Gasteiger partial charge in [-0.3, -0.25) is 4.79 Å². The molecule has 0 aromatic carbocycles. The number of anilines is 1. The SMILES string of the molecule is C=CCn1ncc(NCc2scnc2C)c(Cl)c1=O. The van der Waals surface area contributed by atoms with Gasteiger partial charge in [-0.1, -0.05) is 17.7 Å². The molecule has 2 aromatic heterocycles. The predicted molar refractivity (Wildman–Crippen MR) is 77.9 cm³/mol. The lowest BCUT2D eigenvalue weighted by molar-refractivity contribution is 0.653. The van der Waals surface area contributed by atoms with Crippen molar-refractivity contribution in [2.24, 2.45) is 0 Å². The molecule has 0 bridgehead atoms.